The molecular formula is C20H32FNO2S. The van der Waals surface area contributed by atoms with Gasteiger partial charge in [0.2, 0.25) is 0 Å². The number of thiophene rings is 1. The van der Waals surface area contributed by atoms with Crippen molar-refractivity contribution < 1.29 is 13.9 Å². The molecule has 2 fully saturated rings. The second-order valence-electron chi connectivity index (χ2n) is 7.40. The van der Waals surface area contributed by atoms with Crippen molar-refractivity contribution >= 4 is 11.3 Å². The standard InChI is InChI=1S/C20H32FNO2S/c1-23-16-24-15-17-7-3-4-11-20(17,22-13-5-2-6-14-22)19-9-8-18(25-19)10-12-21/h8-9,17H,2-7,10-16H2,1H3/t17-,20-/m0/s1/i21-1. The Morgan fingerprint density at radius 1 is 1.20 bits per heavy atom. The zero-order valence-corrected chi connectivity index (χ0v) is 16.3. The Hall–Kier alpha value is -0.490. The van der Waals surface area contributed by atoms with Crippen LogP contribution in [0.5, 0.6) is 0 Å². The second kappa shape index (κ2) is 9.45. The first-order chi connectivity index (χ1) is 12.3. The van der Waals surface area contributed by atoms with E-state index in [9.17, 15) is 4.39 Å². The largest absolute Gasteiger partial charge is 0.359 e. The quantitative estimate of drug-likeness (QED) is 0.488. The van der Waals surface area contributed by atoms with Crippen molar-refractivity contribution in [2.24, 2.45) is 5.92 Å². The Morgan fingerprint density at radius 2 is 2.04 bits per heavy atom. The molecule has 142 valence electrons. The third kappa shape index (κ3) is 4.26. The molecule has 5 heteroatoms. The predicted octanol–water partition coefficient (Wildman–Crippen LogP) is 4.75. The highest BCUT2D eigenvalue weighted by Gasteiger charge is 2.47. The Morgan fingerprint density at radius 3 is 2.80 bits per heavy atom. The summed E-state index contributed by atoms with van der Waals surface area (Å²) in [4.78, 5) is 5.35. The van der Waals surface area contributed by atoms with Crippen LogP contribution in [0.2, 0.25) is 0 Å². The van der Waals surface area contributed by atoms with Crippen molar-refractivity contribution in [1.82, 2.24) is 4.90 Å². The maximum Gasteiger partial charge on any atom is 0.146 e. The number of hydrogen-bond donors (Lipinski definition) is 0. The fourth-order valence-corrected chi connectivity index (χ4v) is 6.06. The van der Waals surface area contributed by atoms with E-state index in [1.807, 2.05) is 11.3 Å². The van der Waals surface area contributed by atoms with E-state index in [-0.39, 0.29) is 12.2 Å². The minimum atomic E-state index is -0.267. The second-order valence-corrected chi connectivity index (χ2v) is 8.57. The summed E-state index contributed by atoms with van der Waals surface area (Å²) >= 11 is 1.83. The molecule has 1 aliphatic heterocycles. The van der Waals surface area contributed by atoms with E-state index in [0.717, 1.165) is 6.61 Å². The lowest BCUT2D eigenvalue weighted by molar-refractivity contribution is -0.0916. The number of piperidine rings is 1. The summed E-state index contributed by atoms with van der Waals surface area (Å²) in [6.45, 7) is 3.20. The maximum atomic E-state index is 12.8. The smallest absolute Gasteiger partial charge is 0.146 e. The van der Waals surface area contributed by atoms with Gasteiger partial charge < -0.3 is 9.47 Å². The number of hydrogen-bond acceptors (Lipinski definition) is 4. The summed E-state index contributed by atoms with van der Waals surface area (Å²) in [7, 11) is 1.68. The number of aryl methyl sites for hydroxylation is 1. The Labute approximate surface area is 155 Å². The molecule has 0 aromatic carbocycles. The third-order valence-electron chi connectivity index (χ3n) is 5.91. The van der Waals surface area contributed by atoms with Gasteiger partial charge in [0.1, 0.15) is 6.79 Å². The van der Waals surface area contributed by atoms with Crippen LogP contribution in [0.15, 0.2) is 12.1 Å². The summed E-state index contributed by atoms with van der Waals surface area (Å²) in [5, 5.41) is 0. The number of likely N-dealkylation sites (tertiary alicyclic amines) is 1. The number of halogens is 1. The van der Waals surface area contributed by atoms with Crippen LogP contribution in [0.4, 0.5) is 4.39 Å². The highest BCUT2D eigenvalue weighted by molar-refractivity contribution is 7.12. The Balaban J connectivity index is 1.90. The van der Waals surface area contributed by atoms with Crippen LogP contribution in [0.25, 0.3) is 0 Å². The van der Waals surface area contributed by atoms with E-state index in [1.54, 1.807) is 7.11 Å². The first kappa shape index (κ1) is 19.3. The molecule has 1 aromatic heterocycles. The van der Waals surface area contributed by atoms with Crippen molar-refractivity contribution in [3.63, 3.8) is 0 Å². The number of methoxy groups -OCH3 is 1. The monoisotopic (exact) mass is 368 g/mol. The SMILES string of the molecule is COCOC[C@@H]1CCCC[C@]1(c1ccc(CC[18F])s1)N1CCCCC1. The van der Waals surface area contributed by atoms with Gasteiger partial charge in [-0.2, -0.15) is 0 Å². The average molecular weight is 369 g/mol. The van der Waals surface area contributed by atoms with Crippen LogP contribution in [-0.4, -0.2) is 45.2 Å². The topological polar surface area (TPSA) is 21.7 Å². The first-order valence-corrected chi connectivity index (χ1v) is 10.6. The lowest BCUT2D eigenvalue weighted by Gasteiger charge is -2.52. The van der Waals surface area contributed by atoms with Gasteiger partial charge in [0.05, 0.1) is 18.8 Å². The molecule has 0 spiro atoms. The van der Waals surface area contributed by atoms with Gasteiger partial charge in [0.25, 0.3) is 0 Å². The number of nitrogens with zero attached hydrogens (tertiary/aromatic N) is 1. The average Bonchev–Trinajstić information content (AvgIpc) is 3.12. The van der Waals surface area contributed by atoms with E-state index in [4.69, 9.17) is 9.47 Å². The zero-order valence-electron chi connectivity index (χ0n) is 15.5. The molecule has 25 heavy (non-hydrogen) atoms. The molecule has 3 rings (SSSR count). The van der Waals surface area contributed by atoms with Gasteiger partial charge in [-0.1, -0.05) is 19.3 Å². The summed E-state index contributed by atoms with van der Waals surface area (Å²) < 4.78 is 23.8. The van der Waals surface area contributed by atoms with Gasteiger partial charge in [-0.05, 0) is 50.9 Å². The fourth-order valence-electron chi connectivity index (χ4n) is 4.75. The number of ether oxygens (including phenoxy) is 2. The van der Waals surface area contributed by atoms with Crippen molar-refractivity contribution in [2.45, 2.75) is 56.9 Å². The maximum absolute atomic E-state index is 12.8. The van der Waals surface area contributed by atoms with Gasteiger partial charge in [-0.3, -0.25) is 9.29 Å². The molecule has 0 radical (unpaired) electrons. The summed E-state index contributed by atoms with van der Waals surface area (Å²) in [5.74, 6) is 0.492. The first-order valence-electron chi connectivity index (χ1n) is 9.78. The van der Waals surface area contributed by atoms with E-state index >= 15 is 0 Å². The molecule has 2 atom stereocenters. The van der Waals surface area contributed by atoms with Gasteiger partial charge in [0.15, 0.2) is 0 Å². The molecule has 2 heterocycles. The molecule has 3 nitrogen and oxygen atoms in total. The third-order valence-corrected chi connectivity index (χ3v) is 7.22. The molecule has 1 saturated carbocycles. The summed E-state index contributed by atoms with van der Waals surface area (Å²) in [6.07, 6.45) is 9.42. The zero-order chi connectivity index (χ0) is 17.5. The molecule has 1 aliphatic carbocycles. The molecule has 0 unspecified atom stereocenters. The molecule has 0 bridgehead atoms. The minimum Gasteiger partial charge on any atom is -0.359 e. The van der Waals surface area contributed by atoms with Gasteiger partial charge in [-0.25, -0.2) is 0 Å². The minimum absolute atomic E-state index is 0.0750. The van der Waals surface area contributed by atoms with Gasteiger partial charge >= 0.3 is 0 Å². The molecule has 1 aromatic rings. The lowest BCUT2D eigenvalue weighted by atomic mass is 9.70. The Kier molecular flexibility index (Phi) is 7.28. The highest BCUT2D eigenvalue weighted by atomic mass is 32.1. The normalized spacial score (nSPS) is 28.3. The summed E-state index contributed by atoms with van der Waals surface area (Å²) in [5.41, 5.74) is 0.0750. The van der Waals surface area contributed by atoms with Crippen molar-refractivity contribution in [1.29, 1.82) is 0 Å². The Bertz CT molecular complexity index is 518. The highest BCUT2D eigenvalue weighted by Crippen LogP contribution is 2.49. The van der Waals surface area contributed by atoms with Crippen LogP contribution in [0.3, 0.4) is 0 Å². The molecule has 1 saturated heterocycles. The van der Waals surface area contributed by atoms with Crippen LogP contribution >= 0.6 is 11.3 Å². The van der Waals surface area contributed by atoms with Crippen molar-refractivity contribution in [3.8, 4) is 0 Å². The van der Waals surface area contributed by atoms with Crippen molar-refractivity contribution in [2.75, 3.05) is 40.3 Å². The van der Waals surface area contributed by atoms with Gasteiger partial charge in [0, 0.05) is 29.2 Å². The van der Waals surface area contributed by atoms with Crippen LogP contribution in [0.1, 0.15) is 54.7 Å². The predicted molar refractivity (Wildman–Crippen MR) is 101 cm³/mol. The van der Waals surface area contributed by atoms with Crippen LogP contribution < -0.4 is 0 Å². The van der Waals surface area contributed by atoms with E-state index < -0.39 is 0 Å². The number of alkyl halides is 1. The lowest BCUT2D eigenvalue weighted by Crippen LogP contribution is -2.55. The van der Waals surface area contributed by atoms with Crippen LogP contribution in [-0.2, 0) is 21.4 Å². The number of rotatable bonds is 8. The molecule has 0 amide bonds. The molecular weight excluding hydrogens is 336 g/mol. The van der Waals surface area contributed by atoms with Crippen molar-refractivity contribution in [3.05, 3.63) is 21.9 Å². The van der Waals surface area contributed by atoms with Crippen LogP contribution in [0, 0.1) is 5.92 Å². The fraction of sp³-hybridized carbons (Fsp3) is 0.800. The van der Waals surface area contributed by atoms with E-state index in [1.165, 1.54) is 67.8 Å². The van der Waals surface area contributed by atoms with Gasteiger partial charge in [-0.15, -0.1) is 11.3 Å². The molecule has 2 aliphatic rings. The van der Waals surface area contributed by atoms with E-state index in [2.05, 4.69) is 17.0 Å². The summed E-state index contributed by atoms with van der Waals surface area (Å²) in [6, 6.07) is 4.42. The van der Waals surface area contributed by atoms with E-state index in [0.29, 0.717) is 19.1 Å². The molecule has 0 N–H and O–H groups in total.